The van der Waals surface area contributed by atoms with Gasteiger partial charge in [-0.3, -0.25) is 4.57 Å². The van der Waals surface area contributed by atoms with Crippen molar-refractivity contribution >= 4 is 11.1 Å². The number of aromatic nitrogens is 1. The van der Waals surface area contributed by atoms with Crippen LogP contribution in [0.3, 0.4) is 0 Å². The number of hydrogen-bond acceptors (Lipinski definition) is 4. The average Bonchev–Trinajstić information content (AvgIpc) is 2.90. The van der Waals surface area contributed by atoms with E-state index in [0.717, 1.165) is 30.8 Å². The molecule has 5 nitrogen and oxygen atoms in total. The smallest absolute Gasteiger partial charge is 0.419 e. The van der Waals surface area contributed by atoms with Gasteiger partial charge in [-0.05, 0) is 69.3 Å². The summed E-state index contributed by atoms with van der Waals surface area (Å²) in [6.45, 7) is 7.18. The zero-order chi connectivity index (χ0) is 18.5. The number of fused-ring (bicyclic) bond motifs is 1. The van der Waals surface area contributed by atoms with Crippen molar-refractivity contribution in [2.45, 2.75) is 26.8 Å². The van der Waals surface area contributed by atoms with Gasteiger partial charge in [-0.15, -0.1) is 0 Å². The first-order chi connectivity index (χ1) is 12.5. The fourth-order valence-electron chi connectivity index (χ4n) is 3.17. The van der Waals surface area contributed by atoms with E-state index in [1.54, 1.807) is 4.57 Å². The molecule has 0 radical (unpaired) electrons. The Morgan fingerprint density at radius 1 is 1.08 bits per heavy atom. The zero-order valence-electron chi connectivity index (χ0n) is 15.7. The van der Waals surface area contributed by atoms with Gasteiger partial charge in [0.2, 0.25) is 0 Å². The lowest BCUT2D eigenvalue weighted by molar-refractivity contribution is 0.233. The van der Waals surface area contributed by atoms with Crippen LogP contribution in [0.4, 0.5) is 0 Å². The Hall–Kier alpha value is -2.53. The monoisotopic (exact) mass is 354 g/mol. The first kappa shape index (κ1) is 18.3. The molecule has 0 amide bonds. The Labute approximate surface area is 153 Å². The van der Waals surface area contributed by atoms with E-state index in [2.05, 4.69) is 44.0 Å². The van der Waals surface area contributed by atoms with Crippen molar-refractivity contribution in [3.8, 4) is 5.75 Å². The van der Waals surface area contributed by atoms with Crippen molar-refractivity contribution < 1.29 is 9.15 Å². The van der Waals surface area contributed by atoms with Crippen LogP contribution in [0.2, 0.25) is 0 Å². The molecule has 0 spiro atoms. The molecule has 0 N–H and O–H groups in total. The molecule has 138 valence electrons. The molecular formula is C21H26N2O3. The average molecular weight is 354 g/mol. The van der Waals surface area contributed by atoms with Gasteiger partial charge in [-0.2, -0.15) is 0 Å². The first-order valence-corrected chi connectivity index (χ1v) is 9.01. The number of rotatable bonds is 8. The van der Waals surface area contributed by atoms with E-state index in [-0.39, 0.29) is 5.76 Å². The van der Waals surface area contributed by atoms with Crippen molar-refractivity contribution in [2.75, 3.05) is 26.7 Å². The van der Waals surface area contributed by atoms with Crippen molar-refractivity contribution in [2.24, 2.45) is 0 Å². The molecule has 0 bridgehead atoms. The summed E-state index contributed by atoms with van der Waals surface area (Å²) in [7, 11) is 2.07. The minimum atomic E-state index is -0.285. The second kappa shape index (κ2) is 8.23. The van der Waals surface area contributed by atoms with Gasteiger partial charge in [-0.25, -0.2) is 4.79 Å². The third-order valence-corrected chi connectivity index (χ3v) is 4.43. The van der Waals surface area contributed by atoms with Crippen LogP contribution in [0.5, 0.6) is 5.75 Å². The third-order valence-electron chi connectivity index (χ3n) is 4.43. The highest BCUT2D eigenvalue weighted by atomic mass is 16.5. The summed E-state index contributed by atoms with van der Waals surface area (Å²) in [4.78, 5) is 14.2. The molecule has 0 aliphatic heterocycles. The Kier molecular flexibility index (Phi) is 5.78. The minimum absolute atomic E-state index is 0.285. The SMILES string of the molecule is Cc1cc(C)cc(OCCN(C)CCCn2c(=O)oc3ccccc32)c1. The molecule has 3 aromatic rings. The lowest BCUT2D eigenvalue weighted by Crippen LogP contribution is -2.27. The molecule has 5 heteroatoms. The molecule has 0 aliphatic carbocycles. The van der Waals surface area contributed by atoms with Crippen LogP contribution < -0.4 is 10.5 Å². The molecule has 0 aliphatic rings. The number of aryl methyl sites for hydroxylation is 3. The number of ether oxygens (including phenoxy) is 1. The van der Waals surface area contributed by atoms with Gasteiger partial charge >= 0.3 is 5.76 Å². The van der Waals surface area contributed by atoms with Crippen LogP contribution in [0.25, 0.3) is 11.1 Å². The van der Waals surface area contributed by atoms with Crippen molar-refractivity contribution in [3.63, 3.8) is 0 Å². The molecule has 2 aromatic carbocycles. The highest BCUT2D eigenvalue weighted by molar-refractivity contribution is 5.72. The van der Waals surface area contributed by atoms with Crippen LogP contribution >= 0.6 is 0 Å². The fraction of sp³-hybridized carbons (Fsp3) is 0.381. The molecule has 0 fully saturated rings. The predicted octanol–water partition coefficient (Wildman–Crippen LogP) is 3.61. The van der Waals surface area contributed by atoms with Gasteiger partial charge in [0.1, 0.15) is 12.4 Å². The number of nitrogens with zero attached hydrogens (tertiary/aromatic N) is 2. The number of para-hydroxylation sites is 2. The lowest BCUT2D eigenvalue weighted by Gasteiger charge is -2.17. The molecule has 1 aromatic heterocycles. The van der Waals surface area contributed by atoms with E-state index in [4.69, 9.17) is 9.15 Å². The molecule has 1 heterocycles. The van der Waals surface area contributed by atoms with Gasteiger partial charge in [0.25, 0.3) is 0 Å². The predicted molar refractivity (Wildman–Crippen MR) is 104 cm³/mol. The zero-order valence-corrected chi connectivity index (χ0v) is 15.7. The topological polar surface area (TPSA) is 47.6 Å². The highest BCUT2D eigenvalue weighted by Crippen LogP contribution is 2.16. The van der Waals surface area contributed by atoms with Gasteiger partial charge < -0.3 is 14.1 Å². The molecule has 0 saturated carbocycles. The summed E-state index contributed by atoms with van der Waals surface area (Å²) in [6.07, 6.45) is 0.878. The molecular weight excluding hydrogens is 328 g/mol. The maximum Gasteiger partial charge on any atom is 0.419 e. The second-order valence-corrected chi connectivity index (χ2v) is 6.82. The van der Waals surface area contributed by atoms with Gasteiger partial charge in [-0.1, -0.05) is 18.2 Å². The third kappa shape index (κ3) is 4.55. The van der Waals surface area contributed by atoms with Crippen LogP contribution in [-0.2, 0) is 6.54 Å². The fourth-order valence-corrected chi connectivity index (χ4v) is 3.17. The Morgan fingerprint density at radius 3 is 2.58 bits per heavy atom. The van der Waals surface area contributed by atoms with Crippen LogP contribution in [-0.4, -0.2) is 36.2 Å². The first-order valence-electron chi connectivity index (χ1n) is 9.01. The summed E-state index contributed by atoms with van der Waals surface area (Å²) >= 11 is 0. The maximum atomic E-state index is 12.0. The highest BCUT2D eigenvalue weighted by Gasteiger charge is 2.08. The number of benzene rings is 2. The van der Waals surface area contributed by atoms with E-state index in [1.807, 2.05) is 24.3 Å². The van der Waals surface area contributed by atoms with Crippen molar-refractivity contribution in [3.05, 3.63) is 64.1 Å². The van der Waals surface area contributed by atoms with Crippen molar-refractivity contribution in [1.82, 2.24) is 9.47 Å². The Bertz CT molecular complexity index is 906. The standard InChI is InChI=1S/C21H26N2O3/c1-16-13-17(2)15-18(14-16)25-12-11-22(3)9-6-10-23-19-7-4-5-8-20(19)26-21(23)24/h4-5,7-8,13-15H,6,9-12H2,1-3H3. The summed E-state index contributed by atoms with van der Waals surface area (Å²) in [5.41, 5.74) is 3.93. The molecule has 0 unspecified atom stereocenters. The van der Waals surface area contributed by atoms with Crippen molar-refractivity contribution in [1.29, 1.82) is 0 Å². The normalized spacial score (nSPS) is 11.4. The number of hydrogen-bond donors (Lipinski definition) is 0. The van der Waals surface area contributed by atoms with Crippen LogP contribution in [0.1, 0.15) is 17.5 Å². The maximum absolute atomic E-state index is 12.0. The second-order valence-electron chi connectivity index (χ2n) is 6.82. The van der Waals surface area contributed by atoms with Gasteiger partial charge in [0.15, 0.2) is 5.58 Å². The summed E-state index contributed by atoms with van der Waals surface area (Å²) < 4.78 is 12.8. The Balaban J connectivity index is 1.44. The summed E-state index contributed by atoms with van der Waals surface area (Å²) in [6, 6.07) is 13.8. The van der Waals surface area contributed by atoms with Crippen LogP contribution in [0, 0.1) is 13.8 Å². The van der Waals surface area contributed by atoms with Crippen LogP contribution in [0.15, 0.2) is 51.7 Å². The van der Waals surface area contributed by atoms with E-state index in [9.17, 15) is 4.79 Å². The van der Waals surface area contributed by atoms with E-state index >= 15 is 0 Å². The van der Waals surface area contributed by atoms with E-state index < -0.39 is 0 Å². The lowest BCUT2D eigenvalue weighted by atomic mass is 10.1. The van der Waals surface area contributed by atoms with E-state index in [1.165, 1.54) is 11.1 Å². The molecule has 0 atom stereocenters. The quantitative estimate of drug-likeness (QED) is 0.620. The van der Waals surface area contributed by atoms with Gasteiger partial charge in [0.05, 0.1) is 5.52 Å². The number of oxazole rings is 1. The summed E-state index contributed by atoms with van der Waals surface area (Å²) in [5, 5.41) is 0. The Morgan fingerprint density at radius 2 is 1.81 bits per heavy atom. The molecule has 3 rings (SSSR count). The largest absolute Gasteiger partial charge is 0.492 e. The molecule has 0 saturated heterocycles. The molecule has 26 heavy (non-hydrogen) atoms. The number of likely N-dealkylation sites (N-methyl/N-ethyl adjacent to an activating group) is 1. The van der Waals surface area contributed by atoms with Gasteiger partial charge in [0, 0.05) is 13.1 Å². The minimum Gasteiger partial charge on any atom is -0.492 e. The van der Waals surface area contributed by atoms with E-state index in [0.29, 0.717) is 18.7 Å². The summed E-state index contributed by atoms with van der Waals surface area (Å²) in [5.74, 6) is 0.638.